The molecule has 1 atom stereocenters. The number of hydrogen-bond acceptors (Lipinski definition) is 5. The highest BCUT2D eigenvalue weighted by molar-refractivity contribution is 7.91. The number of halogens is 5. The molecule has 0 aliphatic carbocycles. The van der Waals surface area contributed by atoms with Gasteiger partial charge in [0.25, 0.3) is 0 Å². The van der Waals surface area contributed by atoms with Crippen molar-refractivity contribution in [3.8, 4) is 0 Å². The van der Waals surface area contributed by atoms with Crippen molar-refractivity contribution in [3.63, 3.8) is 0 Å². The van der Waals surface area contributed by atoms with E-state index in [1.165, 1.54) is 6.92 Å². The summed E-state index contributed by atoms with van der Waals surface area (Å²) in [5.74, 6) is -1.20. The molecule has 1 heterocycles. The largest absolute Gasteiger partial charge is 0.482 e. The third-order valence-corrected chi connectivity index (χ3v) is 5.35. The first-order valence-electron chi connectivity index (χ1n) is 7.34. The van der Waals surface area contributed by atoms with Gasteiger partial charge in [-0.3, -0.25) is 4.79 Å². The van der Waals surface area contributed by atoms with Gasteiger partial charge in [-0.15, -0.1) is 0 Å². The normalized spacial score (nSPS) is 20.6. The topological polar surface area (TPSA) is 69.7 Å². The molecule has 1 rings (SSSR count). The second-order valence-electron chi connectivity index (χ2n) is 5.62. The fourth-order valence-electron chi connectivity index (χ4n) is 2.25. The molecule has 0 spiro atoms. The molecule has 0 saturated carbocycles. The molecule has 11 heteroatoms. The molecule has 1 aliphatic heterocycles. The van der Waals surface area contributed by atoms with Gasteiger partial charge in [0.2, 0.25) is 0 Å². The first kappa shape index (κ1) is 21.1. The van der Waals surface area contributed by atoms with Crippen LogP contribution in [0.1, 0.15) is 32.6 Å². The summed E-state index contributed by atoms with van der Waals surface area (Å²) in [5.41, 5.74) is 0. The first-order chi connectivity index (χ1) is 10.9. The lowest BCUT2D eigenvalue weighted by Crippen LogP contribution is -2.42. The summed E-state index contributed by atoms with van der Waals surface area (Å²) in [6.45, 7) is 0.319. The minimum absolute atomic E-state index is 0.0325. The monoisotopic (exact) mass is 382 g/mol. The molecule has 1 saturated heterocycles. The predicted molar refractivity (Wildman–Crippen MR) is 73.1 cm³/mol. The third-order valence-electron chi connectivity index (χ3n) is 3.64. The minimum atomic E-state index is -5.87. The minimum Gasteiger partial charge on any atom is -0.460 e. The van der Waals surface area contributed by atoms with E-state index in [1.807, 2.05) is 0 Å². The van der Waals surface area contributed by atoms with Crippen molar-refractivity contribution in [1.82, 2.24) is 0 Å². The molecule has 1 aliphatic rings. The summed E-state index contributed by atoms with van der Waals surface area (Å²) < 4.78 is 93.1. The van der Waals surface area contributed by atoms with Gasteiger partial charge >= 0.3 is 18.3 Å². The van der Waals surface area contributed by atoms with Gasteiger partial charge in [-0.25, -0.2) is 8.42 Å². The standard InChI is InChI=1S/C13H19F5O5S/c1-2-11(19)23-10(8-22-13(17,18)12(14,15)16)7-9-3-5-24(20,21)6-4-9/h9-10H,2-8H2,1H3. The Bertz CT molecular complexity index is 517. The zero-order valence-corrected chi connectivity index (χ0v) is 13.8. The number of hydrogen-bond donors (Lipinski definition) is 0. The summed E-state index contributed by atoms with van der Waals surface area (Å²) in [5, 5.41) is 0. The number of esters is 1. The number of alkyl halides is 5. The van der Waals surface area contributed by atoms with Gasteiger partial charge in [0.15, 0.2) is 0 Å². The number of carbonyl (C=O) groups is 1. The van der Waals surface area contributed by atoms with Crippen LogP contribution >= 0.6 is 0 Å². The van der Waals surface area contributed by atoms with Crippen LogP contribution in [-0.2, 0) is 24.1 Å². The number of sulfone groups is 1. The summed E-state index contributed by atoms with van der Waals surface area (Å²) >= 11 is 0. The molecule has 0 bridgehead atoms. The highest BCUT2D eigenvalue weighted by Gasteiger charge is 2.59. The van der Waals surface area contributed by atoms with Gasteiger partial charge in [-0.1, -0.05) is 6.92 Å². The summed E-state index contributed by atoms with van der Waals surface area (Å²) in [4.78, 5) is 11.3. The van der Waals surface area contributed by atoms with Crippen LogP contribution < -0.4 is 0 Å². The molecule has 0 aromatic heterocycles. The Morgan fingerprint density at radius 3 is 2.17 bits per heavy atom. The molecule has 142 valence electrons. The molecule has 0 aromatic rings. The number of rotatable bonds is 7. The molecule has 1 fully saturated rings. The van der Waals surface area contributed by atoms with E-state index in [0.717, 1.165) is 0 Å². The van der Waals surface area contributed by atoms with Gasteiger partial charge in [-0.05, 0) is 25.2 Å². The van der Waals surface area contributed by atoms with Crippen LogP contribution in [0.15, 0.2) is 0 Å². The Hall–Kier alpha value is -0.970. The lowest BCUT2D eigenvalue weighted by molar-refractivity contribution is -0.394. The zero-order chi connectivity index (χ0) is 18.6. The lowest BCUT2D eigenvalue weighted by atomic mass is 9.96. The quantitative estimate of drug-likeness (QED) is 0.500. The van der Waals surface area contributed by atoms with E-state index in [2.05, 4.69) is 4.74 Å². The molecule has 5 nitrogen and oxygen atoms in total. The highest BCUT2D eigenvalue weighted by Crippen LogP contribution is 2.36. The van der Waals surface area contributed by atoms with Crippen molar-refractivity contribution in [2.75, 3.05) is 18.1 Å². The van der Waals surface area contributed by atoms with E-state index in [0.29, 0.717) is 0 Å². The summed E-state index contributed by atoms with van der Waals surface area (Å²) in [7, 11) is -3.14. The van der Waals surface area contributed by atoms with Crippen molar-refractivity contribution >= 4 is 15.8 Å². The molecule has 0 amide bonds. The van der Waals surface area contributed by atoms with Crippen LogP contribution in [0.25, 0.3) is 0 Å². The van der Waals surface area contributed by atoms with E-state index >= 15 is 0 Å². The molecule has 0 aromatic carbocycles. The van der Waals surface area contributed by atoms with Crippen LogP contribution in [0, 0.1) is 5.92 Å². The SMILES string of the molecule is CCC(=O)OC(COC(F)(F)C(F)(F)F)CC1CCS(=O)(=O)CC1. The second kappa shape index (κ2) is 7.94. The Labute approximate surface area is 136 Å². The average Bonchev–Trinajstić information content (AvgIpc) is 2.45. The Morgan fingerprint density at radius 2 is 1.71 bits per heavy atom. The predicted octanol–water partition coefficient (Wildman–Crippen LogP) is 2.69. The van der Waals surface area contributed by atoms with Gasteiger partial charge in [0.1, 0.15) is 15.9 Å². The van der Waals surface area contributed by atoms with Crippen molar-refractivity contribution in [2.24, 2.45) is 5.92 Å². The maximum Gasteiger partial charge on any atom is 0.482 e. The van der Waals surface area contributed by atoms with E-state index in [4.69, 9.17) is 4.74 Å². The molecule has 0 radical (unpaired) electrons. The smallest absolute Gasteiger partial charge is 0.460 e. The fraction of sp³-hybridized carbons (Fsp3) is 0.923. The molecular formula is C13H19F5O5S. The Balaban J connectivity index is 2.66. The molecule has 1 unspecified atom stereocenters. The second-order valence-corrected chi connectivity index (χ2v) is 7.93. The van der Waals surface area contributed by atoms with Crippen molar-refractivity contribution in [2.45, 2.75) is 51.0 Å². The fourth-order valence-corrected chi connectivity index (χ4v) is 3.83. The van der Waals surface area contributed by atoms with Crippen LogP contribution in [-0.4, -0.2) is 50.9 Å². The molecular weight excluding hydrogens is 363 g/mol. The zero-order valence-electron chi connectivity index (χ0n) is 12.9. The van der Waals surface area contributed by atoms with E-state index in [-0.39, 0.29) is 43.1 Å². The first-order valence-corrected chi connectivity index (χ1v) is 9.17. The van der Waals surface area contributed by atoms with Crippen LogP contribution in [0.4, 0.5) is 22.0 Å². The van der Waals surface area contributed by atoms with E-state index in [9.17, 15) is 35.2 Å². The van der Waals surface area contributed by atoms with E-state index < -0.39 is 40.8 Å². The maximum absolute atomic E-state index is 12.8. The number of carbonyl (C=O) groups excluding carboxylic acids is 1. The van der Waals surface area contributed by atoms with E-state index in [1.54, 1.807) is 0 Å². The van der Waals surface area contributed by atoms with Gasteiger partial charge in [0.05, 0.1) is 18.1 Å². The average molecular weight is 382 g/mol. The molecule has 0 N–H and O–H groups in total. The number of ether oxygens (including phenoxy) is 2. The molecule has 24 heavy (non-hydrogen) atoms. The Morgan fingerprint density at radius 1 is 1.17 bits per heavy atom. The maximum atomic E-state index is 12.8. The van der Waals surface area contributed by atoms with Crippen molar-refractivity contribution in [1.29, 1.82) is 0 Å². The van der Waals surface area contributed by atoms with Gasteiger partial charge in [-0.2, -0.15) is 22.0 Å². The van der Waals surface area contributed by atoms with Gasteiger partial charge < -0.3 is 9.47 Å². The Kier molecular flexibility index (Phi) is 6.97. The van der Waals surface area contributed by atoms with Crippen LogP contribution in [0.5, 0.6) is 0 Å². The highest BCUT2D eigenvalue weighted by atomic mass is 32.2. The summed E-state index contributed by atoms with van der Waals surface area (Å²) in [6, 6.07) is 0. The lowest BCUT2D eigenvalue weighted by Gasteiger charge is -2.28. The van der Waals surface area contributed by atoms with Gasteiger partial charge in [0, 0.05) is 6.42 Å². The third kappa shape index (κ3) is 6.50. The van der Waals surface area contributed by atoms with Crippen LogP contribution in [0.3, 0.4) is 0 Å². The van der Waals surface area contributed by atoms with Crippen LogP contribution in [0.2, 0.25) is 0 Å². The summed E-state index contributed by atoms with van der Waals surface area (Å²) in [6.07, 6.45) is -12.2. The van der Waals surface area contributed by atoms with Crippen molar-refractivity contribution in [3.05, 3.63) is 0 Å². The van der Waals surface area contributed by atoms with Crippen molar-refractivity contribution < 1.29 is 44.6 Å².